The molecule has 0 spiro atoms. The molecular weight excluding hydrogens is 781 g/mol. The molecule has 1 atom stereocenters. The van der Waals surface area contributed by atoms with Gasteiger partial charge in [-0.25, -0.2) is 0 Å². The zero-order valence-electron chi connectivity index (χ0n) is 41.1. The lowest BCUT2D eigenvalue weighted by atomic mass is 10.1. The molecule has 0 N–H and O–H groups in total. The number of ether oxygens (including phenoxy) is 3. The van der Waals surface area contributed by atoms with Gasteiger partial charge in [-0.05, 0) is 116 Å². The van der Waals surface area contributed by atoms with Crippen molar-refractivity contribution in [2.24, 2.45) is 0 Å². The van der Waals surface area contributed by atoms with Gasteiger partial charge in [-0.3, -0.25) is 14.4 Å². The fraction of sp³-hybridized carbons (Fsp3) is 0.702. The van der Waals surface area contributed by atoms with Crippen molar-refractivity contribution in [1.82, 2.24) is 0 Å². The lowest BCUT2D eigenvalue weighted by molar-refractivity contribution is -0.167. The smallest absolute Gasteiger partial charge is 0.306 e. The number of allylic oxidation sites excluding steroid dienone is 14. The van der Waals surface area contributed by atoms with E-state index in [0.29, 0.717) is 19.3 Å². The van der Waals surface area contributed by atoms with Gasteiger partial charge in [-0.2, -0.15) is 0 Å². The summed E-state index contributed by atoms with van der Waals surface area (Å²) in [6.45, 7) is 6.43. The Kier molecular flexibility index (Phi) is 48.5. The van der Waals surface area contributed by atoms with Crippen LogP contribution in [-0.2, 0) is 28.6 Å². The summed E-state index contributed by atoms with van der Waals surface area (Å²) in [5, 5.41) is 0. The maximum absolute atomic E-state index is 12.8. The molecule has 0 aliphatic carbocycles. The largest absolute Gasteiger partial charge is 0.462 e. The molecule has 0 unspecified atom stereocenters. The van der Waals surface area contributed by atoms with E-state index < -0.39 is 6.10 Å². The molecule has 63 heavy (non-hydrogen) atoms. The van der Waals surface area contributed by atoms with Crippen LogP contribution in [0.5, 0.6) is 0 Å². The van der Waals surface area contributed by atoms with Crippen LogP contribution in [0.15, 0.2) is 85.1 Å². The Hall–Kier alpha value is -3.41. The first kappa shape index (κ1) is 59.6. The molecule has 0 aromatic heterocycles. The maximum atomic E-state index is 12.8. The number of rotatable bonds is 46. The Balaban J connectivity index is 4.47. The van der Waals surface area contributed by atoms with Gasteiger partial charge in [-0.1, -0.05) is 189 Å². The molecule has 0 amide bonds. The molecule has 0 aromatic carbocycles. The summed E-state index contributed by atoms with van der Waals surface area (Å²) in [5.41, 5.74) is 0. The van der Waals surface area contributed by atoms with E-state index in [2.05, 4.69) is 106 Å². The van der Waals surface area contributed by atoms with Gasteiger partial charge in [0.15, 0.2) is 6.10 Å². The SMILES string of the molecule is CC/C=C/C/C=C/C/C=C/CCCCCCCC(=O)OC[C@@H](COC(=O)CCCCCCC/C=C/C/C=C/CCCCC)OC(=O)CCCCCCC/C=C/C/C=C/CCCCC. The van der Waals surface area contributed by atoms with Crippen LogP contribution in [0.4, 0.5) is 0 Å². The second kappa shape index (κ2) is 51.2. The van der Waals surface area contributed by atoms with E-state index in [0.717, 1.165) is 148 Å². The van der Waals surface area contributed by atoms with Gasteiger partial charge in [0.2, 0.25) is 0 Å². The summed E-state index contributed by atoms with van der Waals surface area (Å²) < 4.78 is 16.8. The molecule has 360 valence electrons. The molecule has 6 heteroatoms. The van der Waals surface area contributed by atoms with Crippen molar-refractivity contribution in [3.8, 4) is 0 Å². The fourth-order valence-corrected chi connectivity index (χ4v) is 6.93. The highest BCUT2D eigenvalue weighted by molar-refractivity contribution is 5.71. The van der Waals surface area contributed by atoms with Gasteiger partial charge in [0.25, 0.3) is 0 Å². The van der Waals surface area contributed by atoms with Crippen LogP contribution in [-0.4, -0.2) is 37.2 Å². The van der Waals surface area contributed by atoms with Crippen molar-refractivity contribution in [2.45, 2.75) is 245 Å². The first-order valence-electron chi connectivity index (χ1n) is 26.1. The third kappa shape index (κ3) is 49.5. The van der Waals surface area contributed by atoms with Crippen molar-refractivity contribution in [1.29, 1.82) is 0 Å². The number of carbonyl (C=O) groups excluding carboxylic acids is 3. The number of hydrogen-bond donors (Lipinski definition) is 0. The molecule has 0 radical (unpaired) electrons. The zero-order valence-corrected chi connectivity index (χ0v) is 41.1. The molecule has 6 nitrogen and oxygen atoms in total. The van der Waals surface area contributed by atoms with Gasteiger partial charge in [0.1, 0.15) is 13.2 Å². The van der Waals surface area contributed by atoms with Gasteiger partial charge >= 0.3 is 17.9 Å². The number of unbranched alkanes of at least 4 members (excludes halogenated alkanes) is 21. The van der Waals surface area contributed by atoms with Crippen molar-refractivity contribution in [2.75, 3.05) is 13.2 Å². The van der Waals surface area contributed by atoms with Crippen molar-refractivity contribution in [3.05, 3.63) is 85.1 Å². The monoisotopic (exact) mass is 877 g/mol. The lowest BCUT2D eigenvalue weighted by Gasteiger charge is -2.18. The maximum Gasteiger partial charge on any atom is 0.306 e. The van der Waals surface area contributed by atoms with Crippen molar-refractivity contribution < 1.29 is 28.6 Å². The van der Waals surface area contributed by atoms with E-state index in [1.54, 1.807) is 0 Å². The summed E-state index contributed by atoms with van der Waals surface area (Å²) >= 11 is 0. The minimum atomic E-state index is -0.797. The fourth-order valence-electron chi connectivity index (χ4n) is 6.93. The predicted molar refractivity (Wildman–Crippen MR) is 270 cm³/mol. The standard InChI is InChI=1S/C57H96O6/c1-4-7-10-13-16-19-22-25-28-31-34-37-40-43-46-49-55(58)61-52-54(63-57(60)51-48-45-42-39-36-33-30-27-24-21-18-15-12-9-6-3)53-62-56(59)50-47-44-41-38-35-32-29-26-23-20-17-14-11-8-5-2/h7,10,16-21,25-30,54H,4-6,8-9,11-15,22-24,31-53H2,1-3H3/b10-7+,19-16+,20-17+,21-18+,28-25+,29-26+,30-27+/t54-/m0/s1. The van der Waals surface area contributed by atoms with E-state index in [4.69, 9.17) is 14.2 Å². The minimum Gasteiger partial charge on any atom is -0.462 e. The minimum absolute atomic E-state index is 0.0959. The summed E-state index contributed by atoms with van der Waals surface area (Å²) in [4.78, 5) is 38.0. The quantitative estimate of drug-likeness (QED) is 0.0262. The first-order chi connectivity index (χ1) is 31.0. The molecule has 0 aliphatic heterocycles. The van der Waals surface area contributed by atoms with E-state index in [9.17, 15) is 14.4 Å². The molecule has 0 aliphatic rings. The van der Waals surface area contributed by atoms with Crippen molar-refractivity contribution >= 4 is 17.9 Å². The van der Waals surface area contributed by atoms with Crippen LogP contribution in [0.1, 0.15) is 239 Å². The Morgan fingerprint density at radius 3 is 0.968 bits per heavy atom. The average molecular weight is 877 g/mol. The molecule has 0 saturated heterocycles. The highest BCUT2D eigenvalue weighted by Gasteiger charge is 2.19. The lowest BCUT2D eigenvalue weighted by Crippen LogP contribution is -2.30. The van der Waals surface area contributed by atoms with E-state index in [1.807, 2.05) is 0 Å². The van der Waals surface area contributed by atoms with Gasteiger partial charge in [0, 0.05) is 19.3 Å². The van der Waals surface area contributed by atoms with Gasteiger partial charge in [-0.15, -0.1) is 0 Å². The predicted octanol–water partition coefficient (Wildman–Crippen LogP) is 17.2. The van der Waals surface area contributed by atoms with E-state index >= 15 is 0 Å². The summed E-state index contributed by atoms with van der Waals surface area (Å²) in [6.07, 6.45) is 65.6. The van der Waals surface area contributed by atoms with E-state index in [1.165, 1.54) is 51.4 Å². The third-order valence-corrected chi connectivity index (χ3v) is 10.9. The summed E-state index contributed by atoms with van der Waals surface area (Å²) in [6, 6.07) is 0. The molecule has 0 saturated carbocycles. The Morgan fingerprint density at radius 2 is 0.619 bits per heavy atom. The van der Waals surface area contributed by atoms with Crippen LogP contribution in [0.25, 0.3) is 0 Å². The number of carbonyl (C=O) groups is 3. The third-order valence-electron chi connectivity index (χ3n) is 10.9. The van der Waals surface area contributed by atoms with Crippen LogP contribution >= 0.6 is 0 Å². The molecule has 0 rings (SSSR count). The average Bonchev–Trinajstić information content (AvgIpc) is 3.28. The van der Waals surface area contributed by atoms with Crippen LogP contribution in [0.3, 0.4) is 0 Å². The topological polar surface area (TPSA) is 78.9 Å². The Morgan fingerprint density at radius 1 is 0.333 bits per heavy atom. The second-order valence-electron chi connectivity index (χ2n) is 17.0. The molecule has 0 fully saturated rings. The Bertz CT molecular complexity index is 1240. The molecule has 0 aromatic rings. The van der Waals surface area contributed by atoms with Crippen molar-refractivity contribution in [3.63, 3.8) is 0 Å². The molecular formula is C57H96O6. The first-order valence-corrected chi connectivity index (χ1v) is 26.1. The Labute approximate surface area is 388 Å². The number of esters is 3. The number of hydrogen-bond acceptors (Lipinski definition) is 6. The summed E-state index contributed by atoms with van der Waals surface area (Å²) in [7, 11) is 0. The highest BCUT2D eigenvalue weighted by Crippen LogP contribution is 2.13. The van der Waals surface area contributed by atoms with Gasteiger partial charge < -0.3 is 14.2 Å². The van der Waals surface area contributed by atoms with Crippen LogP contribution < -0.4 is 0 Å². The summed E-state index contributed by atoms with van der Waals surface area (Å²) in [5.74, 6) is -0.940. The highest BCUT2D eigenvalue weighted by atomic mass is 16.6. The van der Waals surface area contributed by atoms with Crippen LogP contribution in [0.2, 0.25) is 0 Å². The normalized spacial score (nSPS) is 12.7. The van der Waals surface area contributed by atoms with Crippen LogP contribution in [0, 0.1) is 0 Å². The van der Waals surface area contributed by atoms with Gasteiger partial charge in [0.05, 0.1) is 0 Å². The molecule has 0 heterocycles. The zero-order chi connectivity index (χ0) is 45.8. The molecule has 0 bridgehead atoms. The van der Waals surface area contributed by atoms with E-state index in [-0.39, 0.29) is 31.1 Å². The second-order valence-corrected chi connectivity index (χ2v) is 17.0.